The summed E-state index contributed by atoms with van der Waals surface area (Å²) in [7, 11) is 0. The number of aromatic carboxylic acids is 1. The SMILES string of the molecule is CC1NCCc2nc(C(=O)O)sc21. The van der Waals surface area contributed by atoms with Gasteiger partial charge < -0.3 is 10.4 Å². The summed E-state index contributed by atoms with van der Waals surface area (Å²) in [6, 6.07) is 0.245. The number of nitrogens with zero attached hydrogens (tertiary/aromatic N) is 1. The average molecular weight is 198 g/mol. The van der Waals surface area contributed by atoms with E-state index in [0.29, 0.717) is 0 Å². The van der Waals surface area contributed by atoms with Crippen LogP contribution < -0.4 is 5.32 Å². The number of fused-ring (bicyclic) bond motifs is 1. The van der Waals surface area contributed by atoms with E-state index in [4.69, 9.17) is 5.11 Å². The Morgan fingerprint density at radius 3 is 3.15 bits per heavy atom. The second-order valence-corrected chi connectivity index (χ2v) is 4.09. The third kappa shape index (κ3) is 1.45. The molecule has 1 atom stereocenters. The first kappa shape index (κ1) is 8.65. The molecule has 0 aromatic carbocycles. The normalized spacial score (nSPS) is 21.2. The van der Waals surface area contributed by atoms with E-state index in [9.17, 15) is 4.79 Å². The number of hydrogen-bond acceptors (Lipinski definition) is 4. The molecular formula is C8H10N2O2S. The van der Waals surface area contributed by atoms with Gasteiger partial charge >= 0.3 is 5.97 Å². The molecule has 0 aliphatic carbocycles. The molecule has 0 saturated carbocycles. The minimum atomic E-state index is -0.924. The number of carboxylic acid groups (broad SMARTS) is 1. The Morgan fingerprint density at radius 2 is 2.54 bits per heavy atom. The maximum Gasteiger partial charge on any atom is 0.365 e. The summed E-state index contributed by atoms with van der Waals surface area (Å²) in [5.41, 5.74) is 0.952. The first-order chi connectivity index (χ1) is 6.18. The van der Waals surface area contributed by atoms with Gasteiger partial charge in [-0.05, 0) is 6.92 Å². The van der Waals surface area contributed by atoms with Crippen molar-refractivity contribution in [2.24, 2.45) is 0 Å². The van der Waals surface area contributed by atoms with E-state index in [-0.39, 0.29) is 11.0 Å². The summed E-state index contributed by atoms with van der Waals surface area (Å²) >= 11 is 1.28. The van der Waals surface area contributed by atoms with Gasteiger partial charge in [0, 0.05) is 23.9 Å². The molecule has 4 nitrogen and oxygen atoms in total. The third-order valence-electron chi connectivity index (χ3n) is 2.12. The van der Waals surface area contributed by atoms with Gasteiger partial charge in [-0.1, -0.05) is 0 Å². The predicted octanol–water partition coefficient (Wildman–Crippen LogP) is 1.05. The second-order valence-electron chi connectivity index (χ2n) is 3.06. The Labute approximate surface area is 79.6 Å². The van der Waals surface area contributed by atoms with E-state index < -0.39 is 5.97 Å². The van der Waals surface area contributed by atoms with Gasteiger partial charge in [-0.3, -0.25) is 0 Å². The van der Waals surface area contributed by atoms with Crippen LogP contribution in [0.4, 0.5) is 0 Å². The van der Waals surface area contributed by atoms with Crippen LogP contribution in [0.15, 0.2) is 0 Å². The lowest BCUT2D eigenvalue weighted by Crippen LogP contribution is -2.26. The van der Waals surface area contributed by atoms with Gasteiger partial charge in [0.1, 0.15) is 0 Å². The van der Waals surface area contributed by atoms with Crippen molar-refractivity contribution in [3.63, 3.8) is 0 Å². The molecule has 1 aromatic rings. The fourth-order valence-electron chi connectivity index (χ4n) is 1.47. The third-order valence-corrected chi connectivity index (χ3v) is 3.38. The lowest BCUT2D eigenvalue weighted by Gasteiger charge is -2.18. The van der Waals surface area contributed by atoms with Crippen LogP contribution in [-0.2, 0) is 6.42 Å². The zero-order valence-corrected chi connectivity index (χ0v) is 8.02. The van der Waals surface area contributed by atoms with E-state index >= 15 is 0 Å². The standard InChI is InChI=1S/C8H10N2O2S/c1-4-6-5(2-3-9-4)10-7(13-6)8(11)12/h4,9H,2-3H2,1H3,(H,11,12). The topological polar surface area (TPSA) is 62.2 Å². The molecule has 70 valence electrons. The summed E-state index contributed by atoms with van der Waals surface area (Å²) in [5.74, 6) is -0.924. The van der Waals surface area contributed by atoms with Crippen molar-refractivity contribution in [1.29, 1.82) is 0 Å². The number of rotatable bonds is 1. The maximum absolute atomic E-state index is 10.7. The van der Waals surface area contributed by atoms with Crippen LogP contribution in [-0.4, -0.2) is 22.6 Å². The number of hydrogen-bond donors (Lipinski definition) is 2. The molecule has 1 aliphatic heterocycles. The van der Waals surface area contributed by atoms with Crippen molar-refractivity contribution in [2.75, 3.05) is 6.54 Å². The van der Waals surface area contributed by atoms with E-state index in [1.54, 1.807) is 0 Å². The summed E-state index contributed by atoms with van der Waals surface area (Å²) in [4.78, 5) is 15.8. The average Bonchev–Trinajstić information content (AvgIpc) is 2.49. The smallest absolute Gasteiger partial charge is 0.365 e. The Kier molecular flexibility index (Phi) is 2.05. The van der Waals surface area contributed by atoms with Gasteiger partial charge in [0.2, 0.25) is 5.01 Å². The van der Waals surface area contributed by atoms with Crippen LogP contribution in [0.2, 0.25) is 0 Å². The highest BCUT2D eigenvalue weighted by atomic mass is 32.1. The molecule has 0 saturated heterocycles. The Bertz CT molecular complexity index is 348. The summed E-state index contributed by atoms with van der Waals surface area (Å²) in [6.07, 6.45) is 0.837. The molecule has 1 aromatic heterocycles. The molecule has 2 heterocycles. The van der Waals surface area contributed by atoms with Crippen LogP contribution in [0, 0.1) is 0 Å². The molecule has 0 fully saturated rings. The number of carbonyl (C=O) groups is 1. The zero-order valence-electron chi connectivity index (χ0n) is 7.20. The number of aromatic nitrogens is 1. The van der Waals surface area contributed by atoms with Crippen LogP contribution in [0.3, 0.4) is 0 Å². The van der Waals surface area contributed by atoms with Crippen LogP contribution in [0.1, 0.15) is 33.3 Å². The van der Waals surface area contributed by atoms with Crippen LogP contribution in [0.25, 0.3) is 0 Å². The molecule has 0 spiro atoms. The Hall–Kier alpha value is -0.940. The van der Waals surface area contributed by atoms with Crippen molar-refractivity contribution < 1.29 is 9.90 Å². The van der Waals surface area contributed by atoms with Crippen LogP contribution in [0.5, 0.6) is 0 Å². The molecule has 2 N–H and O–H groups in total. The fourth-order valence-corrected chi connectivity index (χ4v) is 2.45. The van der Waals surface area contributed by atoms with Gasteiger partial charge in [-0.25, -0.2) is 9.78 Å². The van der Waals surface area contributed by atoms with Gasteiger partial charge in [-0.15, -0.1) is 11.3 Å². The van der Waals surface area contributed by atoms with E-state index in [1.807, 2.05) is 6.92 Å². The lowest BCUT2D eigenvalue weighted by molar-refractivity contribution is 0.0696. The minimum Gasteiger partial charge on any atom is -0.476 e. The molecule has 1 unspecified atom stereocenters. The monoisotopic (exact) mass is 198 g/mol. The molecule has 1 aliphatic rings. The number of carboxylic acids is 1. The van der Waals surface area contributed by atoms with E-state index in [2.05, 4.69) is 10.3 Å². The van der Waals surface area contributed by atoms with Gasteiger partial charge in [0.25, 0.3) is 0 Å². The van der Waals surface area contributed by atoms with Crippen molar-refractivity contribution in [3.05, 3.63) is 15.6 Å². The van der Waals surface area contributed by atoms with Gasteiger partial charge in [-0.2, -0.15) is 0 Å². The number of thiazole rings is 1. The van der Waals surface area contributed by atoms with Crippen LogP contribution >= 0.6 is 11.3 Å². The molecular weight excluding hydrogens is 188 g/mol. The minimum absolute atomic E-state index is 0.209. The summed E-state index contributed by atoms with van der Waals surface area (Å²) in [5, 5.41) is 12.2. The molecule has 0 bridgehead atoms. The Morgan fingerprint density at radius 1 is 1.77 bits per heavy atom. The molecule has 0 radical (unpaired) electrons. The fraction of sp³-hybridized carbons (Fsp3) is 0.500. The van der Waals surface area contributed by atoms with E-state index in [1.165, 1.54) is 11.3 Å². The van der Waals surface area contributed by atoms with Crippen molar-refractivity contribution in [2.45, 2.75) is 19.4 Å². The van der Waals surface area contributed by atoms with Crippen molar-refractivity contribution in [3.8, 4) is 0 Å². The zero-order chi connectivity index (χ0) is 9.42. The highest BCUT2D eigenvalue weighted by molar-refractivity contribution is 7.13. The summed E-state index contributed by atoms with van der Waals surface area (Å²) in [6.45, 7) is 2.92. The van der Waals surface area contributed by atoms with Gasteiger partial charge in [0.15, 0.2) is 0 Å². The predicted molar refractivity (Wildman–Crippen MR) is 49.2 cm³/mol. The molecule has 0 amide bonds. The second kappa shape index (κ2) is 3.08. The molecule has 13 heavy (non-hydrogen) atoms. The molecule has 5 heteroatoms. The summed E-state index contributed by atoms with van der Waals surface area (Å²) < 4.78 is 0. The van der Waals surface area contributed by atoms with Gasteiger partial charge in [0.05, 0.1) is 5.69 Å². The highest BCUT2D eigenvalue weighted by Crippen LogP contribution is 2.28. The highest BCUT2D eigenvalue weighted by Gasteiger charge is 2.22. The first-order valence-corrected chi connectivity index (χ1v) is 4.96. The number of nitrogens with one attached hydrogen (secondary N) is 1. The van der Waals surface area contributed by atoms with Crippen molar-refractivity contribution in [1.82, 2.24) is 10.3 Å². The van der Waals surface area contributed by atoms with Crippen molar-refractivity contribution >= 4 is 17.3 Å². The maximum atomic E-state index is 10.7. The largest absolute Gasteiger partial charge is 0.476 e. The molecule has 2 rings (SSSR count). The Balaban J connectivity index is 2.42. The quantitative estimate of drug-likeness (QED) is 0.708. The first-order valence-electron chi connectivity index (χ1n) is 4.15. The lowest BCUT2D eigenvalue weighted by atomic mass is 10.1. The van der Waals surface area contributed by atoms with E-state index in [0.717, 1.165) is 23.5 Å².